The van der Waals surface area contributed by atoms with Crippen LogP contribution in [-0.4, -0.2) is 55.5 Å². The van der Waals surface area contributed by atoms with Gasteiger partial charge in [0, 0.05) is 13.1 Å². The number of esters is 1. The third-order valence-electron chi connectivity index (χ3n) is 4.50. The van der Waals surface area contributed by atoms with Crippen molar-refractivity contribution in [3.8, 4) is 24.0 Å². The highest BCUT2D eigenvalue weighted by molar-refractivity contribution is 5.69. The predicted octanol–water partition coefficient (Wildman–Crippen LogP) is -0.362. The highest BCUT2D eigenvalue weighted by Gasteiger charge is 2.56. The lowest BCUT2D eigenvalue weighted by Gasteiger charge is -2.20. The van der Waals surface area contributed by atoms with Gasteiger partial charge >= 0.3 is 11.7 Å². The number of carbonyl (C=O) groups excluding carboxylic acids is 1. The molecule has 0 radical (unpaired) electrons. The summed E-state index contributed by atoms with van der Waals surface area (Å²) in [6, 6.07) is 6.38. The standard InChI is InChI=1S/C20H19FN2O8/c1-3-13-8-23(18-15(26)16(27)20(21,10-24)31-18)19(28)22-17(13)29-9-12-4-6-14(7-5-12)30-11(2)25/h1,4-8,15-16,18,24,26-27H,9-10H2,2H3/t15-,16+,18-,20-/m1/s1. The molecule has 1 saturated heterocycles. The summed E-state index contributed by atoms with van der Waals surface area (Å²) < 4.78 is 30.3. The van der Waals surface area contributed by atoms with Crippen molar-refractivity contribution in [2.75, 3.05) is 6.61 Å². The van der Waals surface area contributed by atoms with Crippen LogP contribution >= 0.6 is 0 Å². The van der Waals surface area contributed by atoms with Crippen LogP contribution in [0.5, 0.6) is 11.6 Å². The van der Waals surface area contributed by atoms with Gasteiger partial charge in [-0.25, -0.2) is 9.18 Å². The molecule has 1 aromatic heterocycles. The number of benzene rings is 1. The fourth-order valence-electron chi connectivity index (χ4n) is 2.92. The Morgan fingerprint density at radius 3 is 2.61 bits per heavy atom. The molecule has 2 aromatic rings. The molecule has 0 saturated carbocycles. The SMILES string of the molecule is C#Cc1cn([C@@H]2O[C@](F)(CO)[C@@H](O)[C@H]2O)c(=O)nc1OCc1ccc(OC(C)=O)cc1. The summed E-state index contributed by atoms with van der Waals surface area (Å²) in [6.07, 6.45) is 0.902. The Morgan fingerprint density at radius 2 is 2.06 bits per heavy atom. The van der Waals surface area contributed by atoms with E-state index in [2.05, 4.69) is 10.9 Å². The van der Waals surface area contributed by atoms with E-state index in [1.165, 1.54) is 6.92 Å². The molecule has 4 atom stereocenters. The largest absolute Gasteiger partial charge is 0.472 e. The first-order chi connectivity index (χ1) is 14.7. The van der Waals surface area contributed by atoms with Gasteiger partial charge in [-0.15, -0.1) is 6.42 Å². The third-order valence-corrected chi connectivity index (χ3v) is 4.50. The van der Waals surface area contributed by atoms with Crippen molar-refractivity contribution in [2.45, 2.75) is 37.8 Å². The Bertz CT molecular complexity index is 1060. The van der Waals surface area contributed by atoms with Crippen LogP contribution in [-0.2, 0) is 16.1 Å². The average Bonchev–Trinajstić information content (AvgIpc) is 2.97. The van der Waals surface area contributed by atoms with Crippen molar-refractivity contribution in [3.05, 3.63) is 52.1 Å². The molecule has 1 aliphatic heterocycles. The molecule has 31 heavy (non-hydrogen) atoms. The Kier molecular flexibility index (Phi) is 6.37. The van der Waals surface area contributed by atoms with Crippen LogP contribution < -0.4 is 15.2 Å². The topological polar surface area (TPSA) is 140 Å². The van der Waals surface area contributed by atoms with Crippen LogP contribution in [0.1, 0.15) is 24.3 Å². The fourth-order valence-corrected chi connectivity index (χ4v) is 2.92. The maximum atomic E-state index is 14.3. The van der Waals surface area contributed by atoms with E-state index in [-0.39, 0.29) is 18.1 Å². The number of carbonyl (C=O) groups is 1. The Balaban J connectivity index is 1.80. The monoisotopic (exact) mass is 434 g/mol. The van der Waals surface area contributed by atoms with Gasteiger partial charge in [-0.3, -0.25) is 9.36 Å². The second kappa shape index (κ2) is 8.83. The number of alkyl halides is 1. The molecular formula is C20H19FN2O8. The molecule has 1 aromatic carbocycles. The number of ether oxygens (including phenoxy) is 3. The van der Waals surface area contributed by atoms with Crippen LogP contribution in [0.2, 0.25) is 0 Å². The van der Waals surface area contributed by atoms with Gasteiger partial charge in [0.2, 0.25) is 5.88 Å². The number of terminal acetylenes is 1. The minimum atomic E-state index is -2.95. The lowest BCUT2D eigenvalue weighted by atomic mass is 10.1. The molecule has 3 N–H and O–H groups in total. The molecule has 3 rings (SSSR count). The minimum absolute atomic E-state index is 0.00165. The first kappa shape index (κ1) is 22.4. The molecule has 10 nitrogen and oxygen atoms in total. The fraction of sp³-hybridized carbons (Fsp3) is 0.350. The molecule has 0 aliphatic carbocycles. The first-order valence-corrected chi connectivity index (χ1v) is 9.02. The molecular weight excluding hydrogens is 415 g/mol. The van der Waals surface area contributed by atoms with E-state index in [0.717, 1.165) is 6.20 Å². The lowest BCUT2D eigenvalue weighted by molar-refractivity contribution is -0.207. The van der Waals surface area contributed by atoms with Gasteiger partial charge in [0.15, 0.2) is 6.23 Å². The summed E-state index contributed by atoms with van der Waals surface area (Å²) in [5, 5.41) is 28.9. The minimum Gasteiger partial charge on any atom is -0.472 e. The van der Waals surface area contributed by atoms with Crippen LogP contribution in [0, 0.1) is 12.3 Å². The zero-order valence-electron chi connectivity index (χ0n) is 16.3. The number of rotatable bonds is 6. The maximum absolute atomic E-state index is 14.3. The van der Waals surface area contributed by atoms with E-state index in [0.29, 0.717) is 15.9 Å². The van der Waals surface area contributed by atoms with Gasteiger partial charge in [0.1, 0.15) is 36.7 Å². The van der Waals surface area contributed by atoms with Gasteiger partial charge in [-0.2, -0.15) is 4.98 Å². The van der Waals surface area contributed by atoms with E-state index in [4.69, 9.17) is 25.7 Å². The lowest BCUT2D eigenvalue weighted by Crippen LogP contribution is -2.42. The molecule has 0 unspecified atom stereocenters. The van der Waals surface area contributed by atoms with Crippen LogP contribution in [0.25, 0.3) is 0 Å². The summed E-state index contributed by atoms with van der Waals surface area (Å²) in [4.78, 5) is 27.1. The van der Waals surface area contributed by atoms with Gasteiger partial charge in [0.25, 0.3) is 5.85 Å². The van der Waals surface area contributed by atoms with Crippen molar-refractivity contribution in [1.29, 1.82) is 0 Å². The molecule has 2 heterocycles. The van der Waals surface area contributed by atoms with E-state index < -0.39 is 42.6 Å². The van der Waals surface area contributed by atoms with E-state index >= 15 is 0 Å². The number of hydrogen-bond donors (Lipinski definition) is 3. The predicted molar refractivity (Wildman–Crippen MR) is 102 cm³/mol. The number of hydrogen-bond acceptors (Lipinski definition) is 9. The first-order valence-electron chi connectivity index (χ1n) is 9.02. The third kappa shape index (κ3) is 4.57. The smallest absolute Gasteiger partial charge is 0.353 e. The highest BCUT2D eigenvalue weighted by Crippen LogP contribution is 2.37. The molecule has 11 heteroatoms. The number of aliphatic hydroxyl groups is 3. The van der Waals surface area contributed by atoms with Crippen LogP contribution in [0.15, 0.2) is 35.3 Å². The van der Waals surface area contributed by atoms with E-state index in [1.54, 1.807) is 24.3 Å². The van der Waals surface area contributed by atoms with E-state index in [1.807, 2.05) is 0 Å². The van der Waals surface area contributed by atoms with Gasteiger partial charge in [-0.05, 0) is 17.7 Å². The van der Waals surface area contributed by atoms with E-state index in [9.17, 15) is 24.2 Å². The van der Waals surface area contributed by atoms with Crippen molar-refractivity contribution >= 4 is 5.97 Å². The molecule has 0 amide bonds. The van der Waals surface area contributed by atoms with Crippen LogP contribution in [0.3, 0.4) is 0 Å². The quantitative estimate of drug-likeness (QED) is 0.316. The summed E-state index contributed by atoms with van der Waals surface area (Å²) in [7, 11) is 0. The summed E-state index contributed by atoms with van der Waals surface area (Å²) >= 11 is 0. The van der Waals surface area contributed by atoms with Gasteiger partial charge < -0.3 is 29.5 Å². The number of aliphatic hydroxyl groups excluding tert-OH is 3. The second-order valence-corrected chi connectivity index (χ2v) is 6.71. The molecule has 1 aliphatic rings. The Morgan fingerprint density at radius 1 is 1.39 bits per heavy atom. The summed E-state index contributed by atoms with van der Waals surface area (Å²) in [5.74, 6) is -0.976. The van der Waals surface area contributed by atoms with Crippen molar-refractivity contribution in [3.63, 3.8) is 0 Å². The zero-order chi connectivity index (χ0) is 22.8. The van der Waals surface area contributed by atoms with Crippen molar-refractivity contribution in [2.24, 2.45) is 0 Å². The van der Waals surface area contributed by atoms with Crippen molar-refractivity contribution in [1.82, 2.24) is 9.55 Å². The van der Waals surface area contributed by atoms with Crippen molar-refractivity contribution < 1.29 is 38.7 Å². The summed E-state index contributed by atoms with van der Waals surface area (Å²) in [5.41, 5.74) is -0.327. The number of aromatic nitrogens is 2. The van der Waals surface area contributed by atoms with Gasteiger partial charge in [0.05, 0.1) is 0 Å². The second-order valence-electron chi connectivity index (χ2n) is 6.71. The molecule has 164 valence electrons. The maximum Gasteiger partial charge on any atom is 0.353 e. The Hall–Kier alpha value is -3.30. The molecule has 1 fully saturated rings. The van der Waals surface area contributed by atoms with Gasteiger partial charge in [-0.1, -0.05) is 18.1 Å². The zero-order valence-corrected chi connectivity index (χ0v) is 16.3. The normalized spacial score (nSPS) is 25.1. The molecule has 0 spiro atoms. The molecule has 0 bridgehead atoms. The van der Waals surface area contributed by atoms with Crippen LogP contribution in [0.4, 0.5) is 4.39 Å². The average molecular weight is 434 g/mol. The summed E-state index contributed by atoms with van der Waals surface area (Å²) in [6.45, 7) is 0.0219. The Labute approximate surface area is 175 Å². The number of halogens is 1. The highest BCUT2D eigenvalue weighted by atomic mass is 19.2. The number of nitrogens with zero attached hydrogens (tertiary/aromatic N) is 2.